The summed E-state index contributed by atoms with van der Waals surface area (Å²) in [4.78, 5) is 12.3. The normalized spacial score (nSPS) is 11.0. The van der Waals surface area contributed by atoms with Crippen molar-refractivity contribution in [1.29, 1.82) is 5.26 Å². The molecule has 1 amide bonds. The maximum absolute atomic E-state index is 12.3. The number of methoxy groups -OCH3 is 1. The number of hydrogen-bond donors (Lipinski definition) is 2. The third-order valence-electron chi connectivity index (χ3n) is 4.18. The van der Waals surface area contributed by atoms with E-state index < -0.39 is 5.91 Å². The number of para-hydroxylation sites is 1. The topological polar surface area (TPSA) is 74.1 Å². The van der Waals surface area contributed by atoms with Crippen molar-refractivity contribution in [3.05, 3.63) is 71.4 Å². The molecule has 0 spiro atoms. The first kappa shape index (κ1) is 20.1. The molecule has 5 nitrogen and oxygen atoms in total. The molecule has 0 aliphatic rings. The molecule has 5 heteroatoms. The lowest BCUT2D eigenvalue weighted by molar-refractivity contribution is -0.112. The predicted molar refractivity (Wildman–Crippen MR) is 108 cm³/mol. The minimum atomic E-state index is -0.431. The Bertz CT molecular complexity index is 833. The van der Waals surface area contributed by atoms with Gasteiger partial charge in [0.05, 0.1) is 7.11 Å². The van der Waals surface area contributed by atoms with Crippen LogP contribution < -0.4 is 15.4 Å². The van der Waals surface area contributed by atoms with E-state index in [9.17, 15) is 10.1 Å². The van der Waals surface area contributed by atoms with Crippen LogP contribution in [-0.2, 0) is 11.2 Å². The molecule has 2 aromatic rings. The van der Waals surface area contributed by atoms with E-state index in [1.807, 2.05) is 54.6 Å². The molecule has 2 aromatic carbocycles. The Morgan fingerprint density at radius 2 is 1.89 bits per heavy atom. The molecule has 0 aliphatic carbocycles. The van der Waals surface area contributed by atoms with Gasteiger partial charge in [-0.25, -0.2) is 0 Å². The molecule has 0 heterocycles. The number of nitrogens with zero attached hydrogens (tertiary/aromatic N) is 1. The highest BCUT2D eigenvalue weighted by atomic mass is 16.5. The van der Waals surface area contributed by atoms with Crippen molar-refractivity contribution < 1.29 is 9.53 Å². The minimum absolute atomic E-state index is 0.0305. The van der Waals surface area contributed by atoms with Gasteiger partial charge in [-0.2, -0.15) is 5.26 Å². The smallest absolute Gasteiger partial charge is 0.267 e. The molecule has 0 unspecified atom stereocenters. The van der Waals surface area contributed by atoms with Crippen LogP contribution in [0.25, 0.3) is 0 Å². The lowest BCUT2D eigenvalue weighted by atomic mass is 10.0. The van der Waals surface area contributed by atoms with E-state index in [0.29, 0.717) is 18.2 Å². The highest BCUT2D eigenvalue weighted by Crippen LogP contribution is 2.18. The summed E-state index contributed by atoms with van der Waals surface area (Å²) in [7, 11) is 1.64. The number of carbonyl (C=O) groups excluding carboxylic acids is 1. The summed E-state index contributed by atoms with van der Waals surface area (Å²) in [6.07, 6.45) is 2.17. The predicted octanol–water partition coefficient (Wildman–Crippen LogP) is 4.00. The third-order valence-corrected chi connectivity index (χ3v) is 4.18. The zero-order chi connectivity index (χ0) is 19.6. The SMILES string of the molecule is COc1ccccc1CCN/C=C(/C#N)C(=O)Nc1ccc(C(C)C)cc1. The van der Waals surface area contributed by atoms with E-state index in [1.54, 1.807) is 7.11 Å². The molecule has 0 bridgehead atoms. The Kier molecular flexibility index (Phi) is 7.45. The highest BCUT2D eigenvalue weighted by Gasteiger charge is 2.09. The molecule has 2 N–H and O–H groups in total. The van der Waals surface area contributed by atoms with E-state index in [-0.39, 0.29) is 5.57 Å². The van der Waals surface area contributed by atoms with Gasteiger partial charge in [0.25, 0.3) is 5.91 Å². The number of hydrogen-bond acceptors (Lipinski definition) is 4. The minimum Gasteiger partial charge on any atom is -0.496 e. The lowest BCUT2D eigenvalue weighted by Crippen LogP contribution is -2.18. The summed E-state index contributed by atoms with van der Waals surface area (Å²) >= 11 is 0. The zero-order valence-corrected chi connectivity index (χ0v) is 16.0. The van der Waals surface area contributed by atoms with Gasteiger partial charge in [0.2, 0.25) is 0 Å². The summed E-state index contributed by atoms with van der Waals surface area (Å²) in [5, 5.41) is 15.0. The second kappa shape index (κ2) is 10.0. The largest absolute Gasteiger partial charge is 0.496 e. The number of amides is 1. The number of carbonyl (C=O) groups is 1. The Morgan fingerprint density at radius 3 is 2.52 bits per heavy atom. The van der Waals surface area contributed by atoms with E-state index in [0.717, 1.165) is 17.7 Å². The van der Waals surface area contributed by atoms with Crippen LogP contribution in [0.4, 0.5) is 5.69 Å². The van der Waals surface area contributed by atoms with Gasteiger partial charge in [0, 0.05) is 18.4 Å². The van der Waals surface area contributed by atoms with E-state index >= 15 is 0 Å². The first-order chi connectivity index (χ1) is 13.0. The number of benzene rings is 2. The van der Waals surface area contributed by atoms with Gasteiger partial charge in [0.15, 0.2) is 0 Å². The molecule has 0 fully saturated rings. The molecule has 0 aromatic heterocycles. The zero-order valence-electron chi connectivity index (χ0n) is 16.0. The number of ether oxygens (including phenoxy) is 1. The molecule has 2 rings (SSSR count). The summed E-state index contributed by atoms with van der Waals surface area (Å²) in [5.41, 5.74) is 2.96. The van der Waals surface area contributed by atoms with Crippen molar-refractivity contribution in [2.24, 2.45) is 0 Å². The summed E-state index contributed by atoms with van der Waals surface area (Å²) in [6, 6.07) is 17.3. The number of anilines is 1. The average molecular weight is 363 g/mol. The quantitative estimate of drug-likeness (QED) is 0.422. The summed E-state index contributed by atoms with van der Waals surface area (Å²) in [5.74, 6) is 0.822. The van der Waals surface area contributed by atoms with Crippen molar-refractivity contribution in [3.8, 4) is 11.8 Å². The van der Waals surface area contributed by atoms with Crippen LogP contribution in [0.3, 0.4) is 0 Å². The van der Waals surface area contributed by atoms with Crippen molar-refractivity contribution in [2.45, 2.75) is 26.2 Å². The van der Waals surface area contributed by atoms with Crippen LogP contribution in [0, 0.1) is 11.3 Å². The lowest BCUT2D eigenvalue weighted by Gasteiger charge is -2.09. The number of nitrogens with one attached hydrogen (secondary N) is 2. The van der Waals surface area contributed by atoms with Crippen LogP contribution >= 0.6 is 0 Å². The molecular weight excluding hydrogens is 338 g/mol. The van der Waals surface area contributed by atoms with Gasteiger partial charge >= 0.3 is 0 Å². The molecule has 0 atom stereocenters. The Hall–Kier alpha value is -3.26. The summed E-state index contributed by atoms with van der Waals surface area (Å²) in [6.45, 7) is 4.81. The fourth-order valence-corrected chi connectivity index (χ4v) is 2.59. The number of nitriles is 1. The van der Waals surface area contributed by atoms with Crippen molar-refractivity contribution in [2.75, 3.05) is 19.0 Å². The van der Waals surface area contributed by atoms with Crippen molar-refractivity contribution in [1.82, 2.24) is 5.32 Å². The first-order valence-corrected chi connectivity index (χ1v) is 8.92. The van der Waals surface area contributed by atoms with Crippen LogP contribution in [0.5, 0.6) is 5.75 Å². The van der Waals surface area contributed by atoms with Gasteiger partial charge < -0.3 is 15.4 Å². The molecule has 0 saturated heterocycles. The van der Waals surface area contributed by atoms with Crippen molar-refractivity contribution in [3.63, 3.8) is 0 Å². The highest BCUT2D eigenvalue weighted by molar-refractivity contribution is 6.06. The Morgan fingerprint density at radius 1 is 1.19 bits per heavy atom. The fraction of sp³-hybridized carbons (Fsp3) is 0.273. The number of rotatable bonds is 8. The van der Waals surface area contributed by atoms with E-state index in [4.69, 9.17) is 4.74 Å². The van der Waals surface area contributed by atoms with Crippen LogP contribution in [0.2, 0.25) is 0 Å². The summed E-state index contributed by atoms with van der Waals surface area (Å²) < 4.78 is 5.31. The maximum Gasteiger partial charge on any atom is 0.267 e. The molecule has 0 aliphatic heterocycles. The van der Waals surface area contributed by atoms with Crippen molar-refractivity contribution >= 4 is 11.6 Å². The van der Waals surface area contributed by atoms with Gasteiger partial charge in [0.1, 0.15) is 17.4 Å². The molecule has 0 saturated carbocycles. The van der Waals surface area contributed by atoms with Gasteiger partial charge in [-0.15, -0.1) is 0 Å². The van der Waals surface area contributed by atoms with Gasteiger partial charge in [-0.1, -0.05) is 44.2 Å². The van der Waals surface area contributed by atoms with Gasteiger partial charge in [-0.3, -0.25) is 4.79 Å². The monoisotopic (exact) mass is 363 g/mol. The second-order valence-electron chi connectivity index (χ2n) is 6.42. The average Bonchev–Trinajstić information content (AvgIpc) is 2.68. The Balaban J connectivity index is 1.91. The molecule has 27 heavy (non-hydrogen) atoms. The molecule has 0 radical (unpaired) electrons. The first-order valence-electron chi connectivity index (χ1n) is 8.92. The molecular formula is C22H25N3O2. The third kappa shape index (κ3) is 5.89. The van der Waals surface area contributed by atoms with E-state index in [2.05, 4.69) is 24.5 Å². The Labute approximate surface area is 160 Å². The maximum atomic E-state index is 12.3. The molecule has 140 valence electrons. The van der Waals surface area contributed by atoms with E-state index in [1.165, 1.54) is 11.8 Å². The standard InChI is InChI=1S/C22H25N3O2/c1-16(2)17-8-10-20(11-9-17)25-22(26)19(14-23)15-24-13-12-18-6-4-5-7-21(18)27-3/h4-11,15-16,24H,12-13H2,1-3H3,(H,25,26)/b19-15-. The fourth-order valence-electron chi connectivity index (χ4n) is 2.59. The van der Waals surface area contributed by atoms with Crippen LogP contribution in [0.1, 0.15) is 30.9 Å². The van der Waals surface area contributed by atoms with Gasteiger partial charge in [-0.05, 0) is 41.7 Å². The second-order valence-corrected chi connectivity index (χ2v) is 6.42. The van der Waals surface area contributed by atoms with Crippen LogP contribution in [-0.4, -0.2) is 19.6 Å². The van der Waals surface area contributed by atoms with Crippen LogP contribution in [0.15, 0.2) is 60.3 Å².